The van der Waals surface area contributed by atoms with Gasteiger partial charge in [-0.3, -0.25) is 4.79 Å². The summed E-state index contributed by atoms with van der Waals surface area (Å²) in [5.41, 5.74) is 0. The van der Waals surface area contributed by atoms with E-state index in [9.17, 15) is 4.79 Å². The Morgan fingerprint density at radius 3 is 3.00 bits per heavy atom. The summed E-state index contributed by atoms with van der Waals surface area (Å²) >= 11 is 0. The molecule has 0 aromatic carbocycles. The molecule has 98 valence electrons. The van der Waals surface area contributed by atoms with Crippen LogP contribution in [0.2, 0.25) is 0 Å². The highest BCUT2D eigenvalue weighted by atomic mass is 16.7. The van der Waals surface area contributed by atoms with Crippen LogP contribution in [-0.2, 0) is 14.3 Å². The van der Waals surface area contributed by atoms with E-state index in [1.54, 1.807) is 0 Å². The van der Waals surface area contributed by atoms with Gasteiger partial charge in [-0.15, -0.1) is 0 Å². The number of hydrogen-bond acceptors (Lipinski definition) is 4. The molecule has 3 unspecified atom stereocenters. The van der Waals surface area contributed by atoms with Gasteiger partial charge < -0.3 is 19.9 Å². The molecule has 2 saturated heterocycles. The van der Waals surface area contributed by atoms with Crippen molar-refractivity contribution in [3.8, 4) is 0 Å². The first kappa shape index (κ1) is 12.8. The number of nitrogens with one attached hydrogen (secondary N) is 1. The summed E-state index contributed by atoms with van der Waals surface area (Å²) in [6, 6.07) is 0.228. The van der Waals surface area contributed by atoms with E-state index in [1.807, 2.05) is 6.92 Å². The highest BCUT2D eigenvalue weighted by Gasteiger charge is 2.44. The van der Waals surface area contributed by atoms with Crippen LogP contribution in [-0.4, -0.2) is 42.2 Å². The number of carbonyl (C=O) groups is 1. The van der Waals surface area contributed by atoms with Crippen molar-refractivity contribution in [2.75, 3.05) is 13.2 Å². The minimum absolute atomic E-state index is 0.0835. The number of piperidine rings is 1. The van der Waals surface area contributed by atoms with Gasteiger partial charge in [-0.2, -0.15) is 0 Å². The van der Waals surface area contributed by atoms with Crippen molar-refractivity contribution < 1.29 is 19.4 Å². The van der Waals surface area contributed by atoms with Gasteiger partial charge in [0, 0.05) is 6.42 Å². The zero-order valence-corrected chi connectivity index (χ0v) is 10.3. The predicted molar refractivity (Wildman–Crippen MR) is 61.7 cm³/mol. The second-order valence-electron chi connectivity index (χ2n) is 5.00. The van der Waals surface area contributed by atoms with Gasteiger partial charge in [0.15, 0.2) is 5.79 Å². The van der Waals surface area contributed by atoms with Crippen molar-refractivity contribution in [3.63, 3.8) is 0 Å². The Bertz CT molecular complexity index is 278. The van der Waals surface area contributed by atoms with E-state index < -0.39 is 11.8 Å². The Morgan fingerprint density at radius 2 is 2.35 bits per heavy atom. The molecule has 2 aliphatic heterocycles. The van der Waals surface area contributed by atoms with Gasteiger partial charge in [0.1, 0.15) is 0 Å². The van der Waals surface area contributed by atoms with Crippen molar-refractivity contribution in [3.05, 3.63) is 0 Å². The van der Waals surface area contributed by atoms with E-state index >= 15 is 0 Å². The van der Waals surface area contributed by atoms with Gasteiger partial charge >= 0.3 is 5.97 Å². The third-order valence-electron chi connectivity index (χ3n) is 3.58. The molecule has 2 N–H and O–H groups in total. The average molecular weight is 243 g/mol. The summed E-state index contributed by atoms with van der Waals surface area (Å²) in [5, 5.41) is 12.1. The Kier molecular flexibility index (Phi) is 4.01. The topological polar surface area (TPSA) is 67.8 Å². The van der Waals surface area contributed by atoms with Crippen LogP contribution in [0.1, 0.15) is 39.0 Å². The van der Waals surface area contributed by atoms with Crippen LogP contribution in [0.5, 0.6) is 0 Å². The monoisotopic (exact) mass is 243 g/mol. The van der Waals surface area contributed by atoms with Gasteiger partial charge in [0.25, 0.3) is 0 Å². The van der Waals surface area contributed by atoms with Crippen LogP contribution in [0.3, 0.4) is 0 Å². The minimum Gasteiger partial charge on any atom is -0.481 e. The molecule has 0 aromatic heterocycles. The van der Waals surface area contributed by atoms with Crippen LogP contribution >= 0.6 is 0 Å². The lowest BCUT2D eigenvalue weighted by Gasteiger charge is -2.36. The van der Waals surface area contributed by atoms with Gasteiger partial charge in [0.2, 0.25) is 0 Å². The Morgan fingerprint density at radius 1 is 1.53 bits per heavy atom. The van der Waals surface area contributed by atoms with Crippen molar-refractivity contribution in [2.24, 2.45) is 0 Å². The van der Waals surface area contributed by atoms with Crippen LogP contribution < -0.4 is 5.32 Å². The quantitative estimate of drug-likeness (QED) is 0.774. The fraction of sp³-hybridized carbons (Fsp3) is 0.917. The number of ether oxygens (including phenoxy) is 2. The summed E-state index contributed by atoms with van der Waals surface area (Å²) in [6.45, 7) is 3.46. The van der Waals surface area contributed by atoms with E-state index in [2.05, 4.69) is 5.32 Å². The van der Waals surface area contributed by atoms with Gasteiger partial charge in [-0.25, -0.2) is 0 Å². The molecular formula is C12H21NO4. The second kappa shape index (κ2) is 5.33. The predicted octanol–water partition coefficient (Wildman–Crippen LogP) is 1.12. The summed E-state index contributed by atoms with van der Waals surface area (Å²) in [6.07, 6.45) is 4.04. The molecule has 0 bridgehead atoms. The lowest BCUT2D eigenvalue weighted by atomic mass is 9.98. The van der Waals surface area contributed by atoms with E-state index in [0.29, 0.717) is 13.0 Å². The maximum Gasteiger partial charge on any atom is 0.303 e. The van der Waals surface area contributed by atoms with E-state index in [-0.39, 0.29) is 18.6 Å². The molecule has 17 heavy (non-hydrogen) atoms. The second-order valence-corrected chi connectivity index (χ2v) is 5.00. The molecule has 2 heterocycles. The van der Waals surface area contributed by atoms with Crippen molar-refractivity contribution in [1.82, 2.24) is 5.32 Å². The van der Waals surface area contributed by atoms with Crippen molar-refractivity contribution in [2.45, 2.75) is 57.0 Å². The molecule has 0 aromatic rings. The molecule has 2 aliphatic rings. The van der Waals surface area contributed by atoms with E-state index in [4.69, 9.17) is 14.6 Å². The molecule has 0 saturated carbocycles. The first-order valence-electron chi connectivity index (χ1n) is 6.37. The highest BCUT2D eigenvalue weighted by Crippen LogP contribution is 2.32. The van der Waals surface area contributed by atoms with Gasteiger partial charge in [0.05, 0.1) is 18.8 Å². The number of carboxylic acid groups (broad SMARTS) is 1. The molecule has 2 fully saturated rings. The summed E-state index contributed by atoms with van der Waals surface area (Å²) < 4.78 is 11.6. The first-order chi connectivity index (χ1) is 8.10. The molecule has 0 aliphatic carbocycles. The molecule has 2 rings (SSSR count). The summed E-state index contributed by atoms with van der Waals surface area (Å²) in [4.78, 5) is 10.5. The highest BCUT2D eigenvalue weighted by molar-refractivity contribution is 5.66. The summed E-state index contributed by atoms with van der Waals surface area (Å²) in [7, 11) is 0. The Balaban J connectivity index is 1.84. The van der Waals surface area contributed by atoms with Crippen LogP contribution in [0.25, 0.3) is 0 Å². The molecule has 0 amide bonds. The third kappa shape index (κ3) is 3.18. The standard InChI is InChI=1S/C12H21NO4/c1-12(10-4-2-3-7-13-10)16-8-9(17-12)5-6-11(14)15/h9-10,13H,2-8H2,1H3,(H,14,15). The van der Waals surface area contributed by atoms with Crippen LogP contribution in [0.4, 0.5) is 0 Å². The van der Waals surface area contributed by atoms with Crippen LogP contribution in [0, 0.1) is 0 Å². The minimum atomic E-state index is -0.780. The molecule has 5 heteroatoms. The average Bonchev–Trinajstić information content (AvgIpc) is 2.71. The van der Waals surface area contributed by atoms with Gasteiger partial charge in [-0.1, -0.05) is 6.42 Å². The molecule has 0 radical (unpaired) electrons. The zero-order chi connectivity index (χ0) is 12.3. The number of hydrogen-bond donors (Lipinski definition) is 2. The zero-order valence-electron chi connectivity index (χ0n) is 10.3. The molecule has 5 nitrogen and oxygen atoms in total. The van der Waals surface area contributed by atoms with Crippen molar-refractivity contribution >= 4 is 5.97 Å². The van der Waals surface area contributed by atoms with E-state index in [0.717, 1.165) is 13.0 Å². The Hall–Kier alpha value is -0.650. The number of rotatable bonds is 4. The van der Waals surface area contributed by atoms with Gasteiger partial charge in [-0.05, 0) is 32.7 Å². The normalized spacial score (nSPS) is 38.2. The summed E-state index contributed by atoms with van der Waals surface area (Å²) in [5.74, 6) is -1.36. The molecule has 3 atom stereocenters. The first-order valence-corrected chi connectivity index (χ1v) is 6.37. The largest absolute Gasteiger partial charge is 0.481 e. The lowest BCUT2D eigenvalue weighted by molar-refractivity contribution is -0.180. The van der Waals surface area contributed by atoms with Crippen LogP contribution in [0.15, 0.2) is 0 Å². The molecule has 0 spiro atoms. The lowest BCUT2D eigenvalue weighted by Crippen LogP contribution is -2.52. The number of carboxylic acids is 1. The molecular weight excluding hydrogens is 222 g/mol. The van der Waals surface area contributed by atoms with Crippen molar-refractivity contribution in [1.29, 1.82) is 0 Å². The maximum atomic E-state index is 10.5. The van der Waals surface area contributed by atoms with E-state index in [1.165, 1.54) is 12.8 Å². The SMILES string of the molecule is CC1(C2CCCCN2)OCC(CCC(=O)O)O1. The smallest absolute Gasteiger partial charge is 0.303 e. The Labute approximate surface area is 101 Å². The fourth-order valence-corrected chi connectivity index (χ4v) is 2.57. The fourth-order valence-electron chi connectivity index (χ4n) is 2.57. The maximum absolute atomic E-state index is 10.5. The third-order valence-corrected chi connectivity index (χ3v) is 3.58. The number of aliphatic carboxylic acids is 1.